The SMILES string of the molecule is Cc1csc(N2C(=O)C3=C(C(=O)C4CC(Cl)CCC4O3)C2c2cccc(Br)c2)n1. The third-order valence-electron chi connectivity index (χ3n) is 5.76. The van der Waals surface area contributed by atoms with Crippen LogP contribution in [0.3, 0.4) is 0 Å². The maximum atomic E-state index is 13.6. The first-order chi connectivity index (χ1) is 13.9. The molecule has 4 atom stereocenters. The van der Waals surface area contributed by atoms with Crippen molar-refractivity contribution in [1.29, 1.82) is 0 Å². The molecule has 1 amide bonds. The van der Waals surface area contributed by atoms with Crippen molar-refractivity contribution in [3.8, 4) is 0 Å². The number of rotatable bonds is 2. The predicted octanol–water partition coefficient (Wildman–Crippen LogP) is 4.93. The predicted molar refractivity (Wildman–Crippen MR) is 115 cm³/mol. The molecule has 8 heteroatoms. The highest BCUT2D eigenvalue weighted by atomic mass is 79.9. The number of benzene rings is 1. The smallest absolute Gasteiger partial charge is 0.296 e. The Morgan fingerprint density at radius 1 is 1.31 bits per heavy atom. The first kappa shape index (κ1) is 19.3. The molecule has 3 heterocycles. The van der Waals surface area contributed by atoms with Crippen LogP contribution in [-0.4, -0.2) is 28.2 Å². The molecule has 0 radical (unpaired) electrons. The molecule has 1 aromatic carbocycles. The summed E-state index contributed by atoms with van der Waals surface area (Å²) in [5.74, 6) is -0.428. The summed E-state index contributed by atoms with van der Waals surface area (Å²) >= 11 is 11.3. The largest absolute Gasteiger partial charge is 0.483 e. The van der Waals surface area contributed by atoms with Gasteiger partial charge in [-0.1, -0.05) is 28.1 Å². The molecule has 1 aromatic heterocycles. The van der Waals surface area contributed by atoms with Crippen LogP contribution in [0.2, 0.25) is 0 Å². The number of hydrogen-bond donors (Lipinski definition) is 0. The van der Waals surface area contributed by atoms with E-state index >= 15 is 0 Å². The van der Waals surface area contributed by atoms with Crippen LogP contribution in [0, 0.1) is 12.8 Å². The second-order valence-corrected chi connectivity index (χ2v) is 10.1. The summed E-state index contributed by atoms with van der Waals surface area (Å²) in [6.07, 6.45) is 1.78. The summed E-state index contributed by atoms with van der Waals surface area (Å²) in [5.41, 5.74) is 2.12. The van der Waals surface area contributed by atoms with E-state index in [0.29, 0.717) is 23.5 Å². The molecule has 2 aromatic rings. The number of hydrogen-bond acceptors (Lipinski definition) is 5. The minimum absolute atomic E-state index is 0.0179. The van der Waals surface area contributed by atoms with Gasteiger partial charge in [-0.05, 0) is 43.9 Å². The molecule has 5 nitrogen and oxygen atoms in total. The number of anilines is 1. The lowest BCUT2D eigenvalue weighted by Crippen LogP contribution is -2.41. The van der Waals surface area contributed by atoms with Gasteiger partial charge >= 0.3 is 0 Å². The lowest BCUT2D eigenvalue weighted by Gasteiger charge is -2.37. The van der Waals surface area contributed by atoms with Crippen LogP contribution in [0.25, 0.3) is 0 Å². The van der Waals surface area contributed by atoms with Gasteiger partial charge in [0.1, 0.15) is 6.10 Å². The van der Waals surface area contributed by atoms with Gasteiger partial charge in [-0.3, -0.25) is 14.5 Å². The number of aromatic nitrogens is 1. The molecule has 2 aliphatic heterocycles. The topological polar surface area (TPSA) is 59.5 Å². The minimum Gasteiger partial charge on any atom is -0.483 e. The Labute approximate surface area is 185 Å². The third-order valence-corrected chi connectivity index (χ3v) is 7.61. The van der Waals surface area contributed by atoms with Crippen molar-refractivity contribution in [2.45, 2.75) is 43.7 Å². The van der Waals surface area contributed by atoms with Crippen LogP contribution < -0.4 is 4.90 Å². The molecule has 0 spiro atoms. The number of amides is 1. The van der Waals surface area contributed by atoms with Crippen LogP contribution in [0.1, 0.15) is 36.6 Å². The van der Waals surface area contributed by atoms with Crippen molar-refractivity contribution in [2.75, 3.05) is 4.90 Å². The Bertz CT molecular complexity index is 1050. The van der Waals surface area contributed by atoms with Crippen molar-refractivity contribution in [2.24, 2.45) is 5.92 Å². The van der Waals surface area contributed by atoms with E-state index in [2.05, 4.69) is 20.9 Å². The molecule has 0 N–H and O–H groups in total. The second kappa shape index (κ2) is 7.22. The van der Waals surface area contributed by atoms with Crippen LogP contribution in [0.5, 0.6) is 0 Å². The number of fused-ring (bicyclic) bond motifs is 1. The Kier molecular flexibility index (Phi) is 4.80. The summed E-state index contributed by atoms with van der Waals surface area (Å²) in [7, 11) is 0. The number of alkyl halides is 1. The molecule has 1 fully saturated rings. The number of aryl methyl sites for hydroxylation is 1. The van der Waals surface area contributed by atoms with E-state index in [-0.39, 0.29) is 34.8 Å². The van der Waals surface area contributed by atoms with E-state index < -0.39 is 6.04 Å². The fraction of sp³-hybridized carbons (Fsp3) is 0.381. The van der Waals surface area contributed by atoms with Crippen molar-refractivity contribution in [3.63, 3.8) is 0 Å². The highest BCUT2D eigenvalue weighted by Gasteiger charge is 2.53. The van der Waals surface area contributed by atoms with Crippen LogP contribution in [0.4, 0.5) is 5.13 Å². The Balaban J connectivity index is 1.65. The maximum Gasteiger partial charge on any atom is 0.296 e. The number of carbonyl (C=O) groups is 2. The Hall–Kier alpha value is -1.70. The fourth-order valence-corrected chi connectivity index (χ4v) is 6.02. The number of carbonyl (C=O) groups excluding carboxylic acids is 2. The summed E-state index contributed by atoms with van der Waals surface area (Å²) in [5, 5.41) is 2.44. The van der Waals surface area contributed by atoms with Crippen LogP contribution >= 0.6 is 38.9 Å². The fourth-order valence-electron chi connectivity index (χ4n) is 4.46. The number of thiazole rings is 1. The zero-order valence-electron chi connectivity index (χ0n) is 15.6. The van der Waals surface area contributed by atoms with Crippen LogP contribution in [-0.2, 0) is 14.3 Å². The van der Waals surface area contributed by atoms with E-state index in [1.165, 1.54) is 11.3 Å². The highest BCUT2D eigenvalue weighted by Crippen LogP contribution is 2.49. The number of Topliss-reactive ketones (excluding diaryl/α,β-unsaturated/α-hetero) is 1. The molecule has 29 heavy (non-hydrogen) atoms. The summed E-state index contributed by atoms with van der Waals surface area (Å²) in [6, 6.07) is 7.13. The summed E-state index contributed by atoms with van der Waals surface area (Å²) in [4.78, 5) is 33.1. The average Bonchev–Trinajstić information content (AvgIpc) is 3.24. The molecule has 0 saturated heterocycles. The van der Waals surface area contributed by atoms with Gasteiger partial charge in [0.15, 0.2) is 16.7 Å². The van der Waals surface area contributed by atoms with E-state index in [1.807, 2.05) is 36.6 Å². The normalized spacial score (nSPS) is 29.0. The van der Waals surface area contributed by atoms with E-state index in [1.54, 1.807) is 4.90 Å². The van der Waals surface area contributed by atoms with Crippen molar-refractivity contribution >= 4 is 55.7 Å². The van der Waals surface area contributed by atoms with Gasteiger partial charge < -0.3 is 4.74 Å². The van der Waals surface area contributed by atoms with E-state index in [0.717, 1.165) is 22.2 Å². The van der Waals surface area contributed by atoms with Crippen molar-refractivity contribution < 1.29 is 14.3 Å². The monoisotopic (exact) mass is 492 g/mol. The quantitative estimate of drug-likeness (QED) is 0.557. The second-order valence-electron chi connectivity index (χ2n) is 7.68. The number of halogens is 2. The number of ketones is 1. The molecule has 0 bridgehead atoms. The highest BCUT2D eigenvalue weighted by molar-refractivity contribution is 9.10. The van der Waals surface area contributed by atoms with Crippen molar-refractivity contribution in [1.82, 2.24) is 4.98 Å². The molecular formula is C21H18BrClN2O3S. The molecule has 4 unspecified atom stereocenters. The van der Waals surface area contributed by atoms with E-state index in [9.17, 15) is 9.59 Å². The standard InChI is InChI=1S/C21H18BrClN2O3S/c1-10-9-29-21(24-10)25-17(11-3-2-4-12(22)7-11)16-18(26)14-8-13(23)5-6-15(14)28-19(16)20(25)27/h2-4,7,9,13-15,17H,5-6,8H2,1H3. The zero-order valence-corrected chi connectivity index (χ0v) is 18.8. The lowest BCUT2D eigenvalue weighted by atomic mass is 9.77. The van der Waals surface area contributed by atoms with Gasteiger partial charge in [0.2, 0.25) is 0 Å². The lowest BCUT2D eigenvalue weighted by molar-refractivity contribution is -0.131. The number of nitrogens with zero attached hydrogens (tertiary/aromatic N) is 2. The molecule has 150 valence electrons. The van der Waals surface area contributed by atoms with Gasteiger partial charge in [-0.15, -0.1) is 22.9 Å². The molecule has 1 aliphatic carbocycles. The van der Waals surface area contributed by atoms with Crippen LogP contribution in [0.15, 0.2) is 45.5 Å². The number of ether oxygens (including phenoxy) is 1. The summed E-state index contributed by atoms with van der Waals surface area (Å²) in [6.45, 7) is 1.89. The van der Waals surface area contributed by atoms with Crippen molar-refractivity contribution in [3.05, 3.63) is 56.7 Å². The first-order valence-electron chi connectivity index (χ1n) is 9.54. The minimum atomic E-state index is -0.551. The first-order valence-corrected chi connectivity index (χ1v) is 11.6. The Morgan fingerprint density at radius 2 is 2.14 bits per heavy atom. The maximum absolute atomic E-state index is 13.6. The average molecular weight is 494 g/mol. The zero-order chi connectivity index (χ0) is 20.3. The Morgan fingerprint density at radius 3 is 2.86 bits per heavy atom. The molecule has 1 saturated carbocycles. The van der Waals surface area contributed by atoms with E-state index in [4.69, 9.17) is 16.3 Å². The van der Waals surface area contributed by atoms with Gasteiger partial charge in [0.25, 0.3) is 5.91 Å². The summed E-state index contributed by atoms with van der Waals surface area (Å²) < 4.78 is 7.04. The van der Waals surface area contributed by atoms with Gasteiger partial charge in [0, 0.05) is 15.2 Å². The molecule has 3 aliphatic rings. The molecule has 5 rings (SSSR count). The van der Waals surface area contributed by atoms with Gasteiger partial charge in [-0.2, -0.15) is 0 Å². The third kappa shape index (κ3) is 3.14. The van der Waals surface area contributed by atoms with Gasteiger partial charge in [0.05, 0.1) is 23.2 Å². The van der Waals surface area contributed by atoms with Gasteiger partial charge in [-0.25, -0.2) is 4.98 Å². The molecular weight excluding hydrogens is 476 g/mol.